The van der Waals surface area contributed by atoms with Crippen LogP contribution in [0.3, 0.4) is 0 Å². The maximum Gasteiger partial charge on any atom is 0.274 e. The van der Waals surface area contributed by atoms with Gasteiger partial charge in [0, 0.05) is 5.56 Å². The second-order valence-corrected chi connectivity index (χ2v) is 8.87. The Bertz CT molecular complexity index is 1430. The van der Waals surface area contributed by atoms with Crippen molar-refractivity contribution in [2.75, 3.05) is 0 Å². The molecule has 1 aliphatic carbocycles. The number of nitrogens with one attached hydrogen (secondary N) is 2. The van der Waals surface area contributed by atoms with Gasteiger partial charge in [-0.25, -0.2) is 8.91 Å². The molecule has 1 amide bonds. The number of hydrogen-bond donors (Lipinski definition) is 2. The van der Waals surface area contributed by atoms with E-state index in [-0.39, 0.29) is 34.9 Å². The highest BCUT2D eigenvalue weighted by molar-refractivity contribution is 5.96. The highest BCUT2D eigenvalue weighted by Gasteiger charge is 2.34. The molecule has 5 rings (SSSR count). The standard InChI is InChI=1S/C26H25FN4O2/c1-14-4-5-19(12-15(14)2)21-13-31-24(26(33)29-21)22(18-6-7-18)23(30-31)25(32)28-16(3)17-8-10-20(27)11-9-17/h4-5,8-13,16,18H,6-7H2,1-3H3,(H,28,32)(H,29,33). The Morgan fingerprint density at radius 3 is 2.55 bits per heavy atom. The SMILES string of the molecule is Cc1ccc(-c2cn3nc(C(=O)NC(C)c4ccc(F)cc4)c(C4CC4)c3c(=O)[nH]2)cc1C. The fourth-order valence-corrected chi connectivity index (χ4v) is 4.18. The van der Waals surface area contributed by atoms with Crippen LogP contribution in [0.2, 0.25) is 0 Å². The molecule has 168 valence electrons. The molecule has 1 aliphatic rings. The van der Waals surface area contributed by atoms with Crippen molar-refractivity contribution in [3.8, 4) is 11.3 Å². The Labute approximate surface area is 190 Å². The average molecular weight is 445 g/mol. The summed E-state index contributed by atoms with van der Waals surface area (Å²) >= 11 is 0. The zero-order chi connectivity index (χ0) is 23.3. The molecule has 1 saturated carbocycles. The molecule has 2 aromatic carbocycles. The van der Waals surface area contributed by atoms with E-state index in [1.165, 1.54) is 22.2 Å². The first-order valence-corrected chi connectivity index (χ1v) is 11.1. The van der Waals surface area contributed by atoms with E-state index in [4.69, 9.17) is 0 Å². The molecular weight excluding hydrogens is 419 g/mol. The molecule has 2 aromatic heterocycles. The van der Waals surface area contributed by atoms with Crippen LogP contribution < -0.4 is 10.9 Å². The third-order valence-electron chi connectivity index (χ3n) is 6.40. The monoisotopic (exact) mass is 444 g/mol. The van der Waals surface area contributed by atoms with Crippen LogP contribution in [0.5, 0.6) is 0 Å². The van der Waals surface area contributed by atoms with Gasteiger partial charge in [0.2, 0.25) is 0 Å². The number of rotatable bonds is 5. The minimum Gasteiger partial charge on any atom is -0.344 e. The predicted molar refractivity (Wildman–Crippen MR) is 125 cm³/mol. The van der Waals surface area contributed by atoms with Crippen molar-refractivity contribution in [1.29, 1.82) is 0 Å². The number of nitrogens with zero attached hydrogens (tertiary/aromatic N) is 2. The Kier molecular flexibility index (Phi) is 5.12. The third kappa shape index (κ3) is 3.95. The minimum atomic E-state index is -0.343. The number of amides is 1. The molecule has 0 bridgehead atoms. The van der Waals surface area contributed by atoms with E-state index in [0.717, 1.165) is 29.5 Å². The van der Waals surface area contributed by atoms with E-state index in [0.29, 0.717) is 16.8 Å². The summed E-state index contributed by atoms with van der Waals surface area (Å²) in [6, 6.07) is 11.7. The lowest BCUT2D eigenvalue weighted by Gasteiger charge is -2.14. The van der Waals surface area contributed by atoms with Crippen molar-refractivity contribution < 1.29 is 9.18 Å². The molecule has 2 N–H and O–H groups in total. The second-order valence-electron chi connectivity index (χ2n) is 8.87. The molecule has 7 heteroatoms. The lowest BCUT2D eigenvalue weighted by molar-refractivity contribution is 0.0933. The highest BCUT2D eigenvalue weighted by Crippen LogP contribution is 2.43. The molecule has 0 radical (unpaired) electrons. The summed E-state index contributed by atoms with van der Waals surface area (Å²) in [5, 5.41) is 7.49. The van der Waals surface area contributed by atoms with Crippen LogP contribution in [0, 0.1) is 19.7 Å². The summed E-state index contributed by atoms with van der Waals surface area (Å²) in [6.07, 6.45) is 3.62. The summed E-state index contributed by atoms with van der Waals surface area (Å²) < 4.78 is 14.8. The van der Waals surface area contributed by atoms with Crippen LogP contribution in [-0.2, 0) is 0 Å². The number of hydrogen-bond acceptors (Lipinski definition) is 3. The molecular formula is C26H25FN4O2. The number of halogens is 1. The fourth-order valence-electron chi connectivity index (χ4n) is 4.18. The molecule has 4 aromatic rings. The number of benzene rings is 2. The Morgan fingerprint density at radius 1 is 1.15 bits per heavy atom. The molecule has 1 fully saturated rings. The smallest absolute Gasteiger partial charge is 0.274 e. The van der Waals surface area contributed by atoms with Crippen molar-refractivity contribution in [1.82, 2.24) is 19.9 Å². The summed E-state index contributed by atoms with van der Waals surface area (Å²) in [4.78, 5) is 29.3. The Balaban J connectivity index is 1.54. The predicted octanol–water partition coefficient (Wildman–Crippen LogP) is 4.81. The number of H-pyrrole nitrogens is 1. The van der Waals surface area contributed by atoms with Gasteiger partial charge in [0.25, 0.3) is 11.5 Å². The van der Waals surface area contributed by atoms with E-state index in [1.807, 2.05) is 39.0 Å². The zero-order valence-corrected chi connectivity index (χ0v) is 18.8. The van der Waals surface area contributed by atoms with Crippen molar-refractivity contribution >= 4 is 11.4 Å². The molecule has 0 saturated heterocycles. The second kappa shape index (κ2) is 7.99. The molecule has 6 nitrogen and oxygen atoms in total. The summed E-state index contributed by atoms with van der Waals surface area (Å²) in [5.74, 6) is -0.519. The van der Waals surface area contributed by atoms with Crippen LogP contribution in [0.15, 0.2) is 53.5 Å². The molecule has 0 spiro atoms. The quantitative estimate of drug-likeness (QED) is 0.463. The number of carbonyl (C=O) groups is 1. The van der Waals surface area contributed by atoms with Gasteiger partial charge in [-0.3, -0.25) is 9.59 Å². The topological polar surface area (TPSA) is 79.3 Å². The van der Waals surface area contributed by atoms with Gasteiger partial charge in [0.1, 0.15) is 11.3 Å². The number of carbonyl (C=O) groups excluding carboxylic acids is 1. The van der Waals surface area contributed by atoms with Crippen molar-refractivity contribution in [3.05, 3.63) is 92.8 Å². The first-order valence-electron chi connectivity index (χ1n) is 11.1. The lowest BCUT2D eigenvalue weighted by atomic mass is 10.0. The lowest BCUT2D eigenvalue weighted by Crippen LogP contribution is -2.27. The van der Waals surface area contributed by atoms with Gasteiger partial charge < -0.3 is 10.3 Å². The van der Waals surface area contributed by atoms with Gasteiger partial charge in [-0.2, -0.15) is 5.10 Å². The van der Waals surface area contributed by atoms with Crippen molar-refractivity contribution in [3.63, 3.8) is 0 Å². The van der Waals surface area contributed by atoms with Crippen LogP contribution in [0.1, 0.15) is 64.5 Å². The molecule has 33 heavy (non-hydrogen) atoms. The van der Waals surface area contributed by atoms with E-state index in [2.05, 4.69) is 15.4 Å². The van der Waals surface area contributed by atoms with Crippen LogP contribution in [0.4, 0.5) is 4.39 Å². The largest absolute Gasteiger partial charge is 0.344 e. The molecule has 0 aliphatic heterocycles. The van der Waals surface area contributed by atoms with Gasteiger partial charge in [-0.1, -0.05) is 24.3 Å². The van der Waals surface area contributed by atoms with Crippen molar-refractivity contribution in [2.24, 2.45) is 0 Å². The molecule has 1 atom stereocenters. The summed E-state index contributed by atoms with van der Waals surface area (Å²) in [5.41, 5.74) is 5.75. The van der Waals surface area contributed by atoms with E-state index in [1.54, 1.807) is 18.3 Å². The van der Waals surface area contributed by atoms with Crippen molar-refractivity contribution in [2.45, 2.75) is 45.6 Å². The van der Waals surface area contributed by atoms with Gasteiger partial charge in [0.15, 0.2) is 5.69 Å². The third-order valence-corrected chi connectivity index (χ3v) is 6.40. The Morgan fingerprint density at radius 2 is 1.88 bits per heavy atom. The van der Waals surface area contributed by atoms with Gasteiger partial charge in [0.05, 0.1) is 17.9 Å². The summed E-state index contributed by atoms with van der Waals surface area (Å²) in [6.45, 7) is 5.90. The Hall–Kier alpha value is -3.74. The highest BCUT2D eigenvalue weighted by atomic mass is 19.1. The number of fused-ring (bicyclic) bond motifs is 1. The van der Waals surface area contributed by atoms with Crippen LogP contribution in [0.25, 0.3) is 16.8 Å². The maximum atomic E-state index is 13.2. The van der Waals surface area contributed by atoms with E-state index >= 15 is 0 Å². The molecule has 1 unspecified atom stereocenters. The van der Waals surface area contributed by atoms with E-state index in [9.17, 15) is 14.0 Å². The fraction of sp³-hybridized carbons (Fsp3) is 0.269. The number of aryl methyl sites for hydroxylation is 2. The van der Waals surface area contributed by atoms with Gasteiger partial charge in [-0.15, -0.1) is 0 Å². The zero-order valence-electron chi connectivity index (χ0n) is 18.8. The van der Waals surface area contributed by atoms with E-state index < -0.39 is 0 Å². The van der Waals surface area contributed by atoms with Crippen LogP contribution >= 0.6 is 0 Å². The first kappa shape index (κ1) is 21.1. The number of aromatic amines is 1. The normalized spacial score (nSPS) is 14.4. The molecule has 2 heterocycles. The van der Waals surface area contributed by atoms with Gasteiger partial charge in [-0.05, 0) is 80.0 Å². The number of aromatic nitrogens is 3. The van der Waals surface area contributed by atoms with Gasteiger partial charge >= 0.3 is 0 Å². The maximum absolute atomic E-state index is 13.2. The minimum absolute atomic E-state index is 0.151. The summed E-state index contributed by atoms with van der Waals surface area (Å²) in [7, 11) is 0. The first-order chi connectivity index (χ1) is 15.8. The van der Waals surface area contributed by atoms with Crippen LogP contribution in [-0.4, -0.2) is 20.5 Å². The average Bonchev–Trinajstić information content (AvgIpc) is 3.55.